The maximum Gasteiger partial charge on any atom is 0.338 e. The zero-order valence-electron chi connectivity index (χ0n) is 19.3. The van der Waals surface area contributed by atoms with Crippen molar-refractivity contribution in [3.63, 3.8) is 0 Å². The van der Waals surface area contributed by atoms with Crippen molar-refractivity contribution < 1.29 is 19.7 Å². The SMILES string of the molecule is C=C1C[C@H](OC(=O)c2ccccc2)[C@@H]2[C@@](C)(CO)CCC[C@@]2(C)[C@@H]1CC/C(C)=C/CO. The molecular weight excluding hydrogens is 388 g/mol. The molecular formula is C27H38O4. The number of allylic oxidation sites excluding steroid dienone is 1. The van der Waals surface area contributed by atoms with Crippen LogP contribution in [0.4, 0.5) is 0 Å². The van der Waals surface area contributed by atoms with E-state index < -0.39 is 0 Å². The third-order valence-electron chi connectivity index (χ3n) is 7.94. The molecule has 1 aromatic carbocycles. The number of fused-ring (bicyclic) bond motifs is 1. The molecule has 0 bridgehead atoms. The molecule has 2 saturated carbocycles. The average molecular weight is 427 g/mol. The predicted octanol–water partition coefficient (Wildman–Crippen LogP) is 5.31. The molecule has 2 N–H and O–H groups in total. The van der Waals surface area contributed by atoms with Gasteiger partial charge >= 0.3 is 5.97 Å². The summed E-state index contributed by atoms with van der Waals surface area (Å²) in [6.07, 6.45) is 7.14. The highest BCUT2D eigenvalue weighted by atomic mass is 16.5. The van der Waals surface area contributed by atoms with Crippen molar-refractivity contribution in [1.82, 2.24) is 0 Å². The number of benzene rings is 1. The smallest absolute Gasteiger partial charge is 0.338 e. The van der Waals surface area contributed by atoms with Crippen molar-refractivity contribution in [2.75, 3.05) is 13.2 Å². The molecule has 2 aliphatic rings. The van der Waals surface area contributed by atoms with Gasteiger partial charge in [-0.1, -0.05) is 62.3 Å². The van der Waals surface area contributed by atoms with E-state index in [1.807, 2.05) is 24.3 Å². The lowest BCUT2D eigenvalue weighted by atomic mass is 9.46. The van der Waals surface area contributed by atoms with E-state index in [9.17, 15) is 15.0 Å². The van der Waals surface area contributed by atoms with Crippen molar-refractivity contribution in [2.24, 2.45) is 22.7 Å². The monoisotopic (exact) mass is 426 g/mol. The quantitative estimate of drug-likeness (QED) is 0.458. The van der Waals surface area contributed by atoms with Gasteiger partial charge in [0.25, 0.3) is 0 Å². The molecule has 5 atom stereocenters. The Morgan fingerprint density at radius 3 is 2.58 bits per heavy atom. The molecule has 0 saturated heterocycles. The van der Waals surface area contributed by atoms with Gasteiger partial charge in [-0.3, -0.25) is 0 Å². The Balaban J connectivity index is 1.91. The number of carbonyl (C=O) groups excluding carboxylic acids is 1. The van der Waals surface area contributed by atoms with Crippen LogP contribution >= 0.6 is 0 Å². The molecule has 3 rings (SSSR count). The van der Waals surface area contributed by atoms with E-state index in [0.717, 1.165) is 37.7 Å². The molecule has 0 aromatic heterocycles. The molecule has 4 nitrogen and oxygen atoms in total. The van der Waals surface area contributed by atoms with Gasteiger partial charge in [0.2, 0.25) is 0 Å². The highest BCUT2D eigenvalue weighted by molar-refractivity contribution is 5.89. The fraction of sp³-hybridized carbons (Fsp3) is 0.593. The van der Waals surface area contributed by atoms with Crippen LogP contribution in [0.2, 0.25) is 0 Å². The Morgan fingerprint density at radius 2 is 1.94 bits per heavy atom. The third-order valence-corrected chi connectivity index (χ3v) is 7.94. The van der Waals surface area contributed by atoms with Crippen LogP contribution in [0, 0.1) is 22.7 Å². The molecule has 0 unspecified atom stereocenters. The standard InChI is InChI=1S/C27H38O4/c1-19(13-16-28)11-12-22-20(2)17-23(31-25(30)21-9-6-5-7-10-21)24-26(3,18-29)14-8-15-27(22,24)4/h5-7,9-10,13,22-24,28-29H,2,8,11-12,14-18H2,1,3-4H3/b19-13+/t22-,23+,24-,26-,27+/m1/s1. The Hall–Kier alpha value is -1.91. The fourth-order valence-electron chi connectivity index (χ4n) is 6.46. The second-order valence-corrected chi connectivity index (χ2v) is 10.1. The van der Waals surface area contributed by atoms with E-state index in [-0.39, 0.29) is 42.0 Å². The second-order valence-electron chi connectivity index (χ2n) is 10.1. The van der Waals surface area contributed by atoms with Gasteiger partial charge in [0.1, 0.15) is 6.10 Å². The van der Waals surface area contributed by atoms with Crippen LogP contribution in [0.15, 0.2) is 54.1 Å². The first-order valence-electron chi connectivity index (χ1n) is 11.6. The van der Waals surface area contributed by atoms with Crippen LogP contribution in [-0.2, 0) is 4.74 Å². The Bertz CT molecular complexity index is 814. The van der Waals surface area contributed by atoms with E-state index in [1.165, 1.54) is 5.57 Å². The summed E-state index contributed by atoms with van der Waals surface area (Å²) in [6.45, 7) is 11.1. The van der Waals surface area contributed by atoms with Gasteiger partial charge in [-0.05, 0) is 61.5 Å². The van der Waals surface area contributed by atoms with Gasteiger partial charge in [0.05, 0.1) is 12.2 Å². The van der Waals surface area contributed by atoms with E-state index in [0.29, 0.717) is 17.9 Å². The number of hydrogen-bond donors (Lipinski definition) is 2. The van der Waals surface area contributed by atoms with E-state index in [2.05, 4.69) is 27.4 Å². The Kier molecular flexibility index (Phi) is 7.43. The largest absolute Gasteiger partial charge is 0.458 e. The molecule has 1 aromatic rings. The fourth-order valence-corrected chi connectivity index (χ4v) is 6.46. The van der Waals surface area contributed by atoms with Crippen LogP contribution in [0.3, 0.4) is 0 Å². The topological polar surface area (TPSA) is 66.8 Å². The summed E-state index contributed by atoms with van der Waals surface area (Å²) < 4.78 is 6.14. The van der Waals surface area contributed by atoms with Crippen molar-refractivity contribution in [3.05, 3.63) is 59.7 Å². The molecule has 2 aliphatic carbocycles. The van der Waals surface area contributed by atoms with Crippen LogP contribution in [0.1, 0.15) is 69.7 Å². The lowest BCUT2D eigenvalue weighted by molar-refractivity contribution is -0.145. The number of ether oxygens (including phenoxy) is 1. The second kappa shape index (κ2) is 9.70. The first-order valence-corrected chi connectivity index (χ1v) is 11.6. The predicted molar refractivity (Wildman–Crippen MR) is 124 cm³/mol. The zero-order chi connectivity index (χ0) is 22.6. The van der Waals surface area contributed by atoms with E-state index >= 15 is 0 Å². The lowest BCUT2D eigenvalue weighted by Gasteiger charge is -2.60. The molecule has 2 fully saturated rings. The minimum Gasteiger partial charge on any atom is -0.458 e. The molecule has 4 heteroatoms. The number of carbonyl (C=O) groups is 1. The number of esters is 1. The third kappa shape index (κ3) is 4.80. The molecule has 0 spiro atoms. The van der Waals surface area contributed by atoms with E-state index in [4.69, 9.17) is 4.74 Å². The van der Waals surface area contributed by atoms with Gasteiger partial charge in [0.15, 0.2) is 0 Å². The Labute approximate surface area is 187 Å². The van der Waals surface area contributed by atoms with Crippen LogP contribution in [0.25, 0.3) is 0 Å². The van der Waals surface area contributed by atoms with Gasteiger partial charge in [0, 0.05) is 18.9 Å². The summed E-state index contributed by atoms with van der Waals surface area (Å²) in [5.74, 6) is 0.0771. The molecule has 170 valence electrons. The minimum absolute atomic E-state index is 0.0669. The first-order chi connectivity index (χ1) is 14.7. The summed E-state index contributed by atoms with van der Waals surface area (Å²) in [6, 6.07) is 9.14. The highest BCUT2D eigenvalue weighted by Crippen LogP contribution is 2.62. The molecule has 0 heterocycles. The number of aliphatic hydroxyl groups excluding tert-OH is 2. The van der Waals surface area contributed by atoms with Gasteiger partial charge in [-0.15, -0.1) is 0 Å². The minimum atomic E-state index is -0.299. The normalized spacial score (nSPS) is 33.6. The van der Waals surface area contributed by atoms with Gasteiger partial charge in [-0.25, -0.2) is 4.79 Å². The maximum absolute atomic E-state index is 12.9. The summed E-state index contributed by atoms with van der Waals surface area (Å²) in [7, 11) is 0. The van der Waals surface area contributed by atoms with Crippen molar-refractivity contribution >= 4 is 5.97 Å². The summed E-state index contributed by atoms with van der Waals surface area (Å²) in [5.41, 5.74) is 2.51. The van der Waals surface area contributed by atoms with Gasteiger partial charge < -0.3 is 14.9 Å². The lowest BCUT2D eigenvalue weighted by Crippen LogP contribution is -2.58. The van der Waals surface area contributed by atoms with E-state index in [1.54, 1.807) is 12.1 Å². The Morgan fingerprint density at radius 1 is 1.23 bits per heavy atom. The van der Waals surface area contributed by atoms with Gasteiger partial charge in [-0.2, -0.15) is 0 Å². The summed E-state index contributed by atoms with van der Waals surface area (Å²) in [4.78, 5) is 12.9. The molecule has 0 amide bonds. The highest BCUT2D eigenvalue weighted by Gasteiger charge is 2.59. The molecule has 31 heavy (non-hydrogen) atoms. The summed E-state index contributed by atoms with van der Waals surface area (Å²) >= 11 is 0. The number of hydrogen-bond acceptors (Lipinski definition) is 4. The van der Waals surface area contributed by atoms with Crippen molar-refractivity contribution in [2.45, 2.75) is 65.4 Å². The summed E-state index contributed by atoms with van der Waals surface area (Å²) in [5, 5.41) is 19.6. The molecule has 0 radical (unpaired) electrons. The average Bonchev–Trinajstić information content (AvgIpc) is 2.73. The van der Waals surface area contributed by atoms with Crippen LogP contribution < -0.4 is 0 Å². The zero-order valence-corrected chi connectivity index (χ0v) is 19.3. The van der Waals surface area contributed by atoms with Crippen LogP contribution in [0.5, 0.6) is 0 Å². The first kappa shape index (κ1) is 23.7. The number of rotatable bonds is 7. The maximum atomic E-state index is 12.9. The molecule has 0 aliphatic heterocycles. The number of aliphatic hydroxyl groups is 2. The van der Waals surface area contributed by atoms with Crippen LogP contribution in [-0.4, -0.2) is 35.5 Å². The van der Waals surface area contributed by atoms with Crippen molar-refractivity contribution in [3.8, 4) is 0 Å². The van der Waals surface area contributed by atoms with Crippen molar-refractivity contribution in [1.29, 1.82) is 0 Å².